The van der Waals surface area contributed by atoms with E-state index in [1.165, 1.54) is 11.6 Å². The summed E-state index contributed by atoms with van der Waals surface area (Å²) in [6, 6.07) is 1.91. The van der Waals surface area contributed by atoms with Gasteiger partial charge in [-0.2, -0.15) is 23.3 Å². The number of carbonyl (C=O) groups excluding carboxylic acids is 1. The summed E-state index contributed by atoms with van der Waals surface area (Å²) in [6.45, 7) is 3.14. The van der Waals surface area contributed by atoms with Crippen LogP contribution in [0.25, 0.3) is 0 Å². The minimum atomic E-state index is -4.55. The standard InChI is InChI=1S/C16H19F3N6O/c1-9-11(3-4-12(21-9)16(17,18)19)14(26)23-15-22-13(24-25(15)2)10-5-7-20-8-6-10/h3-4,10,20H,5-8H2,1-2H3,(H,22,23,24,26). The first kappa shape index (κ1) is 18.3. The Balaban J connectivity index is 1.77. The maximum absolute atomic E-state index is 12.7. The van der Waals surface area contributed by atoms with E-state index in [9.17, 15) is 18.0 Å². The van der Waals surface area contributed by atoms with Gasteiger partial charge in [-0.3, -0.25) is 10.1 Å². The van der Waals surface area contributed by atoms with Crippen LogP contribution in [0.3, 0.4) is 0 Å². The molecule has 140 valence electrons. The van der Waals surface area contributed by atoms with E-state index in [1.807, 2.05) is 0 Å². The maximum atomic E-state index is 12.7. The highest BCUT2D eigenvalue weighted by molar-refractivity contribution is 6.04. The molecule has 0 unspecified atom stereocenters. The van der Waals surface area contributed by atoms with Crippen LogP contribution >= 0.6 is 0 Å². The molecular formula is C16H19F3N6O. The summed E-state index contributed by atoms with van der Waals surface area (Å²) < 4.78 is 39.5. The first-order valence-corrected chi connectivity index (χ1v) is 8.23. The Hall–Kier alpha value is -2.49. The number of nitrogens with one attached hydrogen (secondary N) is 2. The molecule has 7 nitrogen and oxygen atoms in total. The summed E-state index contributed by atoms with van der Waals surface area (Å²) >= 11 is 0. The molecule has 0 aliphatic carbocycles. The van der Waals surface area contributed by atoms with Crippen LogP contribution in [0.1, 0.15) is 46.3 Å². The van der Waals surface area contributed by atoms with E-state index < -0.39 is 17.8 Å². The van der Waals surface area contributed by atoms with Crippen molar-refractivity contribution in [2.45, 2.75) is 31.9 Å². The molecule has 2 N–H and O–H groups in total. The van der Waals surface area contributed by atoms with Crippen LogP contribution in [0.15, 0.2) is 12.1 Å². The van der Waals surface area contributed by atoms with Gasteiger partial charge in [0.25, 0.3) is 5.91 Å². The molecule has 26 heavy (non-hydrogen) atoms. The number of anilines is 1. The molecule has 3 heterocycles. The van der Waals surface area contributed by atoms with Gasteiger partial charge in [0.2, 0.25) is 5.95 Å². The molecule has 2 aromatic heterocycles. The van der Waals surface area contributed by atoms with Crippen molar-refractivity contribution in [2.75, 3.05) is 18.4 Å². The lowest BCUT2D eigenvalue weighted by Gasteiger charge is -2.19. The van der Waals surface area contributed by atoms with Gasteiger partial charge in [-0.1, -0.05) is 0 Å². The number of carbonyl (C=O) groups is 1. The lowest BCUT2D eigenvalue weighted by molar-refractivity contribution is -0.141. The molecule has 10 heteroatoms. The Kier molecular flexibility index (Phi) is 4.94. The van der Waals surface area contributed by atoms with E-state index in [2.05, 4.69) is 25.7 Å². The van der Waals surface area contributed by atoms with Gasteiger partial charge in [0.15, 0.2) is 5.82 Å². The molecular weight excluding hydrogens is 349 g/mol. The highest BCUT2D eigenvalue weighted by Gasteiger charge is 2.33. The fraction of sp³-hybridized carbons (Fsp3) is 0.500. The van der Waals surface area contributed by atoms with Crippen LogP contribution in [-0.2, 0) is 13.2 Å². The van der Waals surface area contributed by atoms with Gasteiger partial charge in [0.05, 0.1) is 11.3 Å². The Morgan fingerprint density at radius 1 is 1.27 bits per heavy atom. The summed E-state index contributed by atoms with van der Waals surface area (Å²) in [4.78, 5) is 20.3. The molecule has 0 spiro atoms. The fourth-order valence-electron chi connectivity index (χ4n) is 2.89. The second-order valence-electron chi connectivity index (χ2n) is 6.22. The van der Waals surface area contributed by atoms with Crippen molar-refractivity contribution >= 4 is 11.9 Å². The van der Waals surface area contributed by atoms with Gasteiger partial charge in [-0.15, -0.1) is 0 Å². The number of alkyl halides is 3. The Morgan fingerprint density at radius 2 is 1.96 bits per heavy atom. The molecule has 0 atom stereocenters. The predicted molar refractivity (Wildman–Crippen MR) is 87.8 cm³/mol. The third kappa shape index (κ3) is 3.85. The highest BCUT2D eigenvalue weighted by atomic mass is 19.4. The van der Waals surface area contributed by atoms with Gasteiger partial charge in [0.1, 0.15) is 5.69 Å². The summed E-state index contributed by atoms with van der Waals surface area (Å²) in [5, 5.41) is 10.2. The molecule has 0 aromatic carbocycles. The number of halogens is 3. The van der Waals surface area contributed by atoms with Gasteiger partial charge >= 0.3 is 6.18 Å². The average Bonchev–Trinajstić information content (AvgIpc) is 2.95. The van der Waals surface area contributed by atoms with E-state index in [1.54, 1.807) is 7.05 Å². The van der Waals surface area contributed by atoms with Crippen molar-refractivity contribution in [3.63, 3.8) is 0 Å². The maximum Gasteiger partial charge on any atom is 0.433 e. The van der Waals surface area contributed by atoms with E-state index in [0.717, 1.165) is 38.1 Å². The number of hydrogen-bond acceptors (Lipinski definition) is 5. The van der Waals surface area contributed by atoms with Crippen molar-refractivity contribution < 1.29 is 18.0 Å². The van der Waals surface area contributed by atoms with E-state index in [4.69, 9.17) is 0 Å². The quantitative estimate of drug-likeness (QED) is 0.868. The van der Waals surface area contributed by atoms with E-state index >= 15 is 0 Å². The summed E-state index contributed by atoms with van der Waals surface area (Å²) in [5.74, 6) is 0.563. The van der Waals surface area contributed by atoms with Gasteiger partial charge in [-0.05, 0) is 45.0 Å². The molecule has 0 saturated carbocycles. The van der Waals surface area contributed by atoms with Crippen LogP contribution in [0, 0.1) is 6.92 Å². The number of pyridine rings is 1. The second kappa shape index (κ2) is 7.02. The smallest absolute Gasteiger partial charge is 0.317 e. The Morgan fingerprint density at radius 3 is 2.58 bits per heavy atom. The largest absolute Gasteiger partial charge is 0.433 e. The van der Waals surface area contributed by atoms with Crippen LogP contribution in [0.2, 0.25) is 0 Å². The third-order valence-electron chi connectivity index (χ3n) is 4.33. The minimum Gasteiger partial charge on any atom is -0.317 e. The van der Waals surface area contributed by atoms with Gasteiger partial charge < -0.3 is 5.32 Å². The first-order chi connectivity index (χ1) is 12.3. The molecule has 0 bridgehead atoms. The number of aryl methyl sites for hydroxylation is 2. The number of amides is 1. The third-order valence-corrected chi connectivity index (χ3v) is 4.33. The van der Waals surface area contributed by atoms with Crippen molar-refractivity contribution in [2.24, 2.45) is 7.05 Å². The van der Waals surface area contributed by atoms with Crippen molar-refractivity contribution in [3.8, 4) is 0 Å². The zero-order valence-electron chi connectivity index (χ0n) is 14.4. The highest BCUT2D eigenvalue weighted by Crippen LogP contribution is 2.28. The first-order valence-electron chi connectivity index (χ1n) is 8.23. The molecule has 1 saturated heterocycles. The second-order valence-corrected chi connectivity index (χ2v) is 6.22. The zero-order valence-corrected chi connectivity index (χ0v) is 14.4. The molecule has 2 aromatic rings. The predicted octanol–water partition coefficient (Wildman–Crippen LogP) is 2.26. The lowest BCUT2D eigenvalue weighted by atomic mass is 9.98. The molecule has 3 rings (SSSR count). The molecule has 0 radical (unpaired) electrons. The monoisotopic (exact) mass is 368 g/mol. The number of rotatable bonds is 3. The van der Waals surface area contributed by atoms with Crippen LogP contribution in [-0.4, -0.2) is 38.7 Å². The average molecular weight is 368 g/mol. The summed E-state index contributed by atoms with van der Waals surface area (Å²) in [5.41, 5.74) is -0.971. The van der Waals surface area contributed by atoms with E-state index in [-0.39, 0.29) is 23.1 Å². The van der Waals surface area contributed by atoms with Crippen LogP contribution < -0.4 is 10.6 Å². The SMILES string of the molecule is Cc1nc(C(F)(F)F)ccc1C(=O)Nc1nc(C2CCNCC2)nn1C. The number of aromatic nitrogens is 4. The minimum absolute atomic E-state index is 0.00179. The number of piperidine rings is 1. The van der Waals surface area contributed by atoms with E-state index in [0.29, 0.717) is 5.82 Å². The number of nitrogens with zero attached hydrogens (tertiary/aromatic N) is 4. The molecule has 1 aliphatic rings. The molecule has 1 amide bonds. The van der Waals surface area contributed by atoms with Gasteiger partial charge in [0, 0.05) is 13.0 Å². The van der Waals surface area contributed by atoms with Crippen molar-refractivity contribution in [3.05, 3.63) is 34.9 Å². The van der Waals surface area contributed by atoms with Gasteiger partial charge in [-0.25, -0.2) is 9.67 Å². The van der Waals surface area contributed by atoms with Crippen molar-refractivity contribution in [1.82, 2.24) is 25.1 Å². The topological polar surface area (TPSA) is 84.7 Å². The Labute approximate surface area is 148 Å². The lowest BCUT2D eigenvalue weighted by Crippen LogP contribution is -2.27. The van der Waals surface area contributed by atoms with Crippen molar-refractivity contribution in [1.29, 1.82) is 0 Å². The Bertz CT molecular complexity index is 811. The molecule has 1 fully saturated rings. The summed E-state index contributed by atoms with van der Waals surface area (Å²) in [7, 11) is 1.66. The normalized spacial score (nSPS) is 15.9. The van der Waals surface area contributed by atoms with Crippen LogP contribution in [0.5, 0.6) is 0 Å². The summed E-state index contributed by atoms with van der Waals surface area (Å²) in [6.07, 6.45) is -2.72. The fourth-order valence-corrected chi connectivity index (χ4v) is 2.89. The zero-order chi connectivity index (χ0) is 18.9. The molecule has 1 aliphatic heterocycles. The number of hydrogen-bond donors (Lipinski definition) is 2. The van der Waals surface area contributed by atoms with Crippen LogP contribution in [0.4, 0.5) is 19.1 Å².